The number of halogens is 4. The molecule has 2 rings (SSSR count). The number of carbonyl (C=O) groups is 1. The van der Waals surface area contributed by atoms with E-state index in [0.717, 1.165) is 23.8 Å². The maximum atomic E-state index is 12.7. The second-order valence-electron chi connectivity index (χ2n) is 5.05. The molecule has 0 fully saturated rings. The average molecular weight is 385 g/mol. The van der Waals surface area contributed by atoms with Crippen molar-refractivity contribution in [1.82, 2.24) is 0 Å². The Hall–Kier alpha value is -2.17. The van der Waals surface area contributed by atoms with Gasteiger partial charge < -0.3 is 5.32 Å². The summed E-state index contributed by atoms with van der Waals surface area (Å²) in [5.41, 5.74) is 0.453. The Morgan fingerprint density at radius 2 is 2.00 bits per heavy atom. The molecule has 25 heavy (non-hydrogen) atoms. The lowest BCUT2D eigenvalue weighted by Gasteiger charge is -2.11. The summed E-state index contributed by atoms with van der Waals surface area (Å²) in [5, 5.41) is 11.3. The number of amides is 1. The first-order valence-corrected chi connectivity index (χ1v) is 8.56. The van der Waals surface area contributed by atoms with E-state index in [1.54, 1.807) is 18.2 Å². The van der Waals surface area contributed by atoms with Crippen LogP contribution >= 0.6 is 23.4 Å². The van der Waals surface area contributed by atoms with Gasteiger partial charge in [-0.05, 0) is 35.9 Å². The Morgan fingerprint density at radius 3 is 2.68 bits per heavy atom. The van der Waals surface area contributed by atoms with Gasteiger partial charge in [0.2, 0.25) is 5.91 Å². The molecule has 130 valence electrons. The van der Waals surface area contributed by atoms with Crippen molar-refractivity contribution in [3.8, 4) is 6.07 Å². The van der Waals surface area contributed by atoms with Crippen LogP contribution in [0.2, 0.25) is 5.02 Å². The highest BCUT2D eigenvalue weighted by molar-refractivity contribution is 7.99. The molecule has 0 saturated carbocycles. The van der Waals surface area contributed by atoms with Gasteiger partial charge in [0.15, 0.2) is 0 Å². The maximum Gasteiger partial charge on any atom is 0.416 e. The minimum atomic E-state index is -4.51. The first kappa shape index (κ1) is 19.2. The molecule has 0 aliphatic rings. The van der Waals surface area contributed by atoms with E-state index in [-0.39, 0.29) is 16.5 Å². The van der Waals surface area contributed by atoms with Gasteiger partial charge in [-0.15, -0.1) is 11.8 Å². The topological polar surface area (TPSA) is 52.9 Å². The van der Waals surface area contributed by atoms with Gasteiger partial charge in [-0.2, -0.15) is 18.4 Å². The molecule has 0 aliphatic heterocycles. The largest absolute Gasteiger partial charge is 0.416 e. The Kier molecular flexibility index (Phi) is 6.34. The Balaban J connectivity index is 1.93. The number of nitriles is 1. The summed E-state index contributed by atoms with van der Waals surface area (Å²) in [7, 11) is 0. The number of nitrogens with one attached hydrogen (secondary N) is 1. The quantitative estimate of drug-likeness (QED) is 0.780. The van der Waals surface area contributed by atoms with E-state index in [4.69, 9.17) is 16.9 Å². The summed E-state index contributed by atoms with van der Waals surface area (Å²) >= 11 is 7.12. The minimum Gasteiger partial charge on any atom is -0.324 e. The molecule has 0 bridgehead atoms. The molecule has 0 spiro atoms. The monoisotopic (exact) mass is 384 g/mol. The Bertz CT molecular complexity index is 818. The first-order valence-electron chi connectivity index (χ1n) is 7.03. The fourth-order valence-electron chi connectivity index (χ4n) is 1.98. The van der Waals surface area contributed by atoms with Gasteiger partial charge in [0, 0.05) is 5.75 Å². The molecule has 0 atom stereocenters. The summed E-state index contributed by atoms with van der Waals surface area (Å²) in [4.78, 5) is 11.9. The number of anilines is 1. The highest BCUT2D eigenvalue weighted by Crippen LogP contribution is 2.33. The van der Waals surface area contributed by atoms with Crippen molar-refractivity contribution in [1.29, 1.82) is 5.26 Å². The van der Waals surface area contributed by atoms with E-state index in [2.05, 4.69) is 5.32 Å². The van der Waals surface area contributed by atoms with Crippen LogP contribution in [0.5, 0.6) is 0 Å². The van der Waals surface area contributed by atoms with E-state index >= 15 is 0 Å². The van der Waals surface area contributed by atoms with Crippen LogP contribution in [0.15, 0.2) is 42.5 Å². The molecule has 1 amide bonds. The van der Waals surface area contributed by atoms with Crippen molar-refractivity contribution in [2.75, 3.05) is 11.1 Å². The molecule has 0 saturated heterocycles. The molecule has 2 aromatic carbocycles. The zero-order chi connectivity index (χ0) is 18.4. The fourth-order valence-corrected chi connectivity index (χ4v) is 2.92. The molecular weight excluding hydrogens is 373 g/mol. The molecule has 0 aliphatic carbocycles. The van der Waals surface area contributed by atoms with Gasteiger partial charge in [-0.1, -0.05) is 23.7 Å². The lowest BCUT2D eigenvalue weighted by molar-refractivity contribution is -0.137. The number of carbonyl (C=O) groups excluding carboxylic acids is 1. The van der Waals surface area contributed by atoms with Crippen LogP contribution < -0.4 is 5.32 Å². The van der Waals surface area contributed by atoms with Crippen molar-refractivity contribution >= 4 is 35.0 Å². The molecule has 0 unspecified atom stereocenters. The van der Waals surface area contributed by atoms with Gasteiger partial charge in [0.25, 0.3) is 0 Å². The van der Waals surface area contributed by atoms with Crippen molar-refractivity contribution in [3.63, 3.8) is 0 Å². The second kappa shape index (κ2) is 8.28. The standard InChI is InChI=1S/C17H12ClF3N2OS/c18-14-5-4-13(17(19,20)21)7-15(14)23-16(24)10-25-9-12-3-1-2-11(6-12)8-22/h1-7H,9-10H2,(H,23,24). The van der Waals surface area contributed by atoms with E-state index in [1.807, 2.05) is 12.1 Å². The van der Waals surface area contributed by atoms with Crippen LogP contribution in [0, 0.1) is 11.3 Å². The Labute approximate surface area is 151 Å². The molecule has 2 aromatic rings. The summed E-state index contributed by atoms with van der Waals surface area (Å²) < 4.78 is 38.1. The van der Waals surface area contributed by atoms with E-state index in [0.29, 0.717) is 11.3 Å². The fraction of sp³-hybridized carbons (Fsp3) is 0.176. The zero-order valence-electron chi connectivity index (χ0n) is 12.7. The average Bonchev–Trinajstić information content (AvgIpc) is 2.56. The maximum absolute atomic E-state index is 12.7. The van der Waals surface area contributed by atoms with Gasteiger partial charge >= 0.3 is 6.18 Å². The van der Waals surface area contributed by atoms with Crippen molar-refractivity contribution in [3.05, 3.63) is 64.2 Å². The highest BCUT2D eigenvalue weighted by Gasteiger charge is 2.31. The van der Waals surface area contributed by atoms with Gasteiger partial charge in [0.1, 0.15) is 0 Å². The van der Waals surface area contributed by atoms with Gasteiger partial charge in [-0.25, -0.2) is 0 Å². The van der Waals surface area contributed by atoms with Crippen LogP contribution in [0.3, 0.4) is 0 Å². The number of hydrogen-bond donors (Lipinski definition) is 1. The normalized spacial score (nSPS) is 11.0. The predicted octanol–water partition coefficient (Wildman–Crippen LogP) is 5.10. The predicted molar refractivity (Wildman–Crippen MR) is 92.4 cm³/mol. The van der Waals surface area contributed by atoms with Gasteiger partial charge in [0.05, 0.1) is 33.7 Å². The molecule has 1 N–H and O–H groups in total. The zero-order valence-corrected chi connectivity index (χ0v) is 14.3. The third kappa shape index (κ3) is 5.69. The van der Waals surface area contributed by atoms with E-state index in [1.165, 1.54) is 11.8 Å². The van der Waals surface area contributed by atoms with Crippen LogP contribution in [0.4, 0.5) is 18.9 Å². The molecule has 0 aromatic heterocycles. The number of nitrogens with zero attached hydrogens (tertiary/aromatic N) is 1. The first-order chi connectivity index (χ1) is 11.8. The number of rotatable bonds is 5. The smallest absolute Gasteiger partial charge is 0.324 e. The minimum absolute atomic E-state index is 0.0353. The SMILES string of the molecule is N#Cc1cccc(CSCC(=O)Nc2cc(C(F)(F)F)ccc2Cl)c1. The van der Waals surface area contributed by atoms with Gasteiger partial charge in [-0.3, -0.25) is 4.79 Å². The second-order valence-corrected chi connectivity index (χ2v) is 6.44. The number of alkyl halides is 3. The van der Waals surface area contributed by atoms with Crippen LogP contribution in [-0.2, 0) is 16.7 Å². The molecule has 3 nitrogen and oxygen atoms in total. The number of thioether (sulfide) groups is 1. The van der Waals surface area contributed by atoms with E-state index in [9.17, 15) is 18.0 Å². The van der Waals surface area contributed by atoms with Crippen molar-refractivity contribution < 1.29 is 18.0 Å². The van der Waals surface area contributed by atoms with Crippen molar-refractivity contribution in [2.24, 2.45) is 0 Å². The van der Waals surface area contributed by atoms with Crippen LogP contribution in [-0.4, -0.2) is 11.7 Å². The summed E-state index contributed by atoms with van der Waals surface area (Å²) in [6.45, 7) is 0. The molecule has 0 heterocycles. The van der Waals surface area contributed by atoms with E-state index < -0.39 is 17.6 Å². The Morgan fingerprint density at radius 1 is 1.24 bits per heavy atom. The summed E-state index contributed by atoms with van der Waals surface area (Å²) in [6.07, 6.45) is -4.51. The van der Waals surface area contributed by atoms with Crippen LogP contribution in [0.1, 0.15) is 16.7 Å². The molecule has 8 heteroatoms. The summed E-state index contributed by atoms with van der Waals surface area (Å²) in [6, 6.07) is 11.8. The van der Waals surface area contributed by atoms with Crippen molar-refractivity contribution in [2.45, 2.75) is 11.9 Å². The molecular formula is C17H12ClF3N2OS. The van der Waals surface area contributed by atoms with Crippen LogP contribution in [0.25, 0.3) is 0 Å². The molecule has 0 radical (unpaired) electrons. The highest BCUT2D eigenvalue weighted by atomic mass is 35.5. The number of benzene rings is 2. The summed E-state index contributed by atoms with van der Waals surface area (Å²) in [5.74, 6) is 0.0884. The lowest BCUT2D eigenvalue weighted by Crippen LogP contribution is -2.15. The number of hydrogen-bond acceptors (Lipinski definition) is 3. The third-order valence-corrected chi connectivity index (χ3v) is 4.46. The lowest BCUT2D eigenvalue weighted by atomic mass is 10.2. The third-order valence-electron chi connectivity index (χ3n) is 3.13.